The minimum absolute atomic E-state index is 0.152. The van der Waals surface area contributed by atoms with Gasteiger partial charge < -0.3 is 0 Å². The van der Waals surface area contributed by atoms with Crippen molar-refractivity contribution in [2.24, 2.45) is 0 Å². The Morgan fingerprint density at radius 3 is 1.48 bits per heavy atom. The summed E-state index contributed by atoms with van der Waals surface area (Å²) in [6.45, 7) is 0.741. The van der Waals surface area contributed by atoms with Gasteiger partial charge >= 0.3 is 24.2 Å². The molecule has 0 spiro atoms. The summed E-state index contributed by atoms with van der Waals surface area (Å²) in [5.74, 6) is -11.1. The van der Waals surface area contributed by atoms with Gasteiger partial charge in [0.15, 0.2) is 0 Å². The Morgan fingerprint density at radius 1 is 0.667 bits per heavy atom. The third-order valence-corrected chi connectivity index (χ3v) is 2.65. The lowest BCUT2D eigenvalue weighted by atomic mass is 9.96. The van der Waals surface area contributed by atoms with Crippen LogP contribution in [0.2, 0.25) is 0 Å². The summed E-state index contributed by atoms with van der Waals surface area (Å²) >= 11 is 0. The molecule has 0 saturated carbocycles. The fourth-order valence-electron chi connectivity index (χ4n) is 1.47. The maximum atomic E-state index is 13.1. The molecule has 1 aromatic carbocycles. The monoisotopic (exact) mass is 328 g/mol. The highest BCUT2D eigenvalue weighted by molar-refractivity contribution is 5.37. The van der Waals surface area contributed by atoms with E-state index in [1.807, 2.05) is 0 Å². The van der Waals surface area contributed by atoms with Gasteiger partial charge in [-0.05, 0) is 18.6 Å². The van der Waals surface area contributed by atoms with Crippen LogP contribution in [0.5, 0.6) is 0 Å². The summed E-state index contributed by atoms with van der Waals surface area (Å²) < 4.78 is 125. The maximum absolute atomic E-state index is 13.1. The zero-order valence-electron chi connectivity index (χ0n) is 10.0. The predicted octanol–water partition coefficient (Wildman–Crippen LogP) is 5.30. The normalized spacial score (nSPS) is 14.4. The smallest absolute Gasteiger partial charge is 0.191 e. The second-order valence-electron chi connectivity index (χ2n) is 4.17. The van der Waals surface area contributed by atoms with Gasteiger partial charge in [0.1, 0.15) is 0 Å². The van der Waals surface area contributed by atoms with Crippen LogP contribution >= 0.6 is 0 Å². The highest BCUT2D eigenvalue weighted by atomic mass is 19.4. The number of aryl methyl sites for hydroxylation is 1. The van der Waals surface area contributed by atoms with Gasteiger partial charge in [0, 0.05) is 11.1 Å². The Bertz CT molecular complexity index is 523. The van der Waals surface area contributed by atoms with Crippen molar-refractivity contribution in [1.29, 1.82) is 0 Å². The molecule has 120 valence electrons. The van der Waals surface area contributed by atoms with Crippen LogP contribution in [-0.4, -0.2) is 12.4 Å². The number of rotatable bonds is 2. The maximum Gasteiger partial charge on any atom is 0.458 e. The fourth-order valence-corrected chi connectivity index (χ4v) is 1.47. The fraction of sp³-hybridized carbons (Fsp3) is 0.455. The summed E-state index contributed by atoms with van der Waals surface area (Å²) in [5.41, 5.74) is -4.70. The Hall–Kier alpha value is -1.48. The molecule has 0 atom stereocenters. The van der Waals surface area contributed by atoms with Crippen LogP contribution in [0.15, 0.2) is 18.2 Å². The van der Waals surface area contributed by atoms with Gasteiger partial charge in [-0.25, -0.2) is 0 Å². The van der Waals surface area contributed by atoms with Crippen LogP contribution in [-0.2, 0) is 11.8 Å². The van der Waals surface area contributed by atoms with Crippen LogP contribution in [0.3, 0.4) is 0 Å². The highest BCUT2D eigenvalue weighted by Gasteiger charge is 2.62. The molecule has 0 aliphatic carbocycles. The van der Waals surface area contributed by atoms with E-state index < -0.39 is 47.0 Å². The van der Waals surface area contributed by atoms with Crippen molar-refractivity contribution >= 4 is 0 Å². The van der Waals surface area contributed by atoms with Gasteiger partial charge in [0.2, 0.25) is 0 Å². The van der Waals surface area contributed by atoms with Crippen molar-refractivity contribution < 1.29 is 43.9 Å². The molecule has 0 amide bonds. The molecule has 0 radical (unpaired) electrons. The largest absolute Gasteiger partial charge is 0.458 e. The van der Waals surface area contributed by atoms with Crippen LogP contribution < -0.4 is 0 Å². The lowest BCUT2D eigenvalue weighted by Gasteiger charge is -2.25. The Balaban J connectivity index is 3.50. The van der Waals surface area contributed by atoms with Gasteiger partial charge in [-0.2, -0.15) is 43.9 Å². The molecule has 0 fully saturated rings. The topological polar surface area (TPSA) is 0 Å². The molecule has 0 unspecified atom stereocenters. The van der Waals surface area contributed by atoms with Crippen molar-refractivity contribution in [3.8, 4) is 0 Å². The van der Waals surface area contributed by atoms with E-state index in [1.165, 1.54) is 0 Å². The van der Waals surface area contributed by atoms with Gasteiger partial charge in [-0.15, -0.1) is 0 Å². The molecule has 10 heteroatoms. The van der Waals surface area contributed by atoms with Crippen LogP contribution in [0.4, 0.5) is 43.9 Å². The van der Waals surface area contributed by atoms with Gasteiger partial charge in [0.05, 0.1) is 0 Å². The third-order valence-electron chi connectivity index (χ3n) is 2.65. The van der Waals surface area contributed by atoms with Crippen molar-refractivity contribution in [3.63, 3.8) is 0 Å². The third kappa shape index (κ3) is 2.93. The average Bonchev–Trinajstić information content (AvgIpc) is 2.25. The Kier molecular flexibility index (Phi) is 3.99. The molecule has 0 aliphatic rings. The van der Waals surface area contributed by atoms with E-state index in [2.05, 4.69) is 0 Å². The van der Waals surface area contributed by atoms with Gasteiger partial charge in [0.25, 0.3) is 0 Å². The lowest BCUT2D eigenvalue weighted by molar-refractivity contribution is -0.292. The molecule has 0 heterocycles. The molecular formula is C11H6F10. The first kappa shape index (κ1) is 17.6. The van der Waals surface area contributed by atoms with E-state index in [1.54, 1.807) is 0 Å². The van der Waals surface area contributed by atoms with Crippen LogP contribution in [0.1, 0.15) is 16.7 Å². The predicted molar refractivity (Wildman–Crippen MR) is 51.1 cm³/mol. The van der Waals surface area contributed by atoms with E-state index in [0.717, 1.165) is 6.92 Å². The minimum atomic E-state index is -6.12. The van der Waals surface area contributed by atoms with E-state index >= 15 is 0 Å². The summed E-state index contributed by atoms with van der Waals surface area (Å²) in [4.78, 5) is 0. The van der Waals surface area contributed by atoms with Crippen molar-refractivity contribution in [1.82, 2.24) is 0 Å². The standard InChI is InChI=1S/C11H6F10/c1-5-2-3-6(8(12,13)10(16,17)18)4-7(5)9(14,15)11(19,20)21/h2-4H,1H3. The van der Waals surface area contributed by atoms with Crippen LogP contribution in [0.25, 0.3) is 0 Å². The van der Waals surface area contributed by atoms with Gasteiger partial charge in [-0.1, -0.05) is 12.1 Å². The molecule has 0 saturated heterocycles. The lowest BCUT2D eigenvalue weighted by Crippen LogP contribution is -2.36. The summed E-state index contributed by atoms with van der Waals surface area (Å²) in [5, 5.41) is 0. The summed E-state index contributed by atoms with van der Waals surface area (Å²) in [6, 6.07) is 0.0268. The van der Waals surface area contributed by atoms with Gasteiger partial charge in [-0.3, -0.25) is 0 Å². The molecule has 21 heavy (non-hydrogen) atoms. The first-order valence-corrected chi connectivity index (χ1v) is 5.13. The minimum Gasteiger partial charge on any atom is -0.191 e. The SMILES string of the molecule is Cc1ccc(C(F)(F)C(F)(F)F)cc1C(F)(F)C(F)(F)F. The number of hydrogen-bond acceptors (Lipinski definition) is 0. The first-order valence-electron chi connectivity index (χ1n) is 5.13. The molecular weight excluding hydrogens is 322 g/mol. The summed E-state index contributed by atoms with van der Waals surface area (Å²) in [7, 11) is 0. The Labute approximate surface area is 111 Å². The van der Waals surface area contributed by atoms with E-state index in [9.17, 15) is 43.9 Å². The second kappa shape index (κ2) is 4.77. The first-order chi connectivity index (χ1) is 9.12. The average molecular weight is 328 g/mol. The molecule has 0 bridgehead atoms. The zero-order valence-corrected chi connectivity index (χ0v) is 10.0. The second-order valence-corrected chi connectivity index (χ2v) is 4.17. The number of alkyl halides is 10. The Morgan fingerprint density at radius 2 is 1.10 bits per heavy atom. The number of halogens is 10. The quantitative estimate of drug-likeness (QED) is 0.646. The zero-order chi connectivity index (χ0) is 16.9. The number of hydrogen-bond donors (Lipinski definition) is 0. The van der Waals surface area contributed by atoms with E-state index in [0.29, 0.717) is 6.07 Å². The van der Waals surface area contributed by atoms with Crippen LogP contribution in [0, 0.1) is 6.92 Å². The summed E-state index contributed by atoms with van der Waals surface area (Å²) in [6.07, 6.45) is -12.2. The highest BCUT2D eigenvalue weighted by Crippen LogP contribution is 2.48. The molecule has 0 aromatic heterocycles. The molecule has 1 rings (SSSR count). The molecule has 0 nitrogen and oxygen atoms in total. The molecule has 0 N–H and O–H groups in total. The molecule has 0 aliphatic heterocycles. The van der Waals surface area contributed by atoms with Crippen molar-refractivity contribution in [2.75, 3.05) is 0 Å². The van der Waals surface area contributed by atoms with E-state index in [-0.39, 0.29) is 6.07 Å². The molecule has 1 aromatic rings. The van der Waals surface area contributed by atoms with E-state index in [4.69, 9.17) is 0 Å². The van der Waals surface area contributed by atoms with Crippen molar-refractivity contribution in [3.05, 3.63) is 34.9 Å². The number of benzene rings is 1. The van der Waals surface area contributed by atoms with Crippen molar-refractivity contribution in [2.45, 2.75) is 31.1 Å².